The topological polar surface area (TPSA) is 56.7 Å². The molecule has 20 heavy (non-hydrogen) atoms. The molecule has 0 aliphatic heterocycles. The number of hydrogen-bond donors (Lipinski definition) is 2. The van der Waals surface area contributed by atoms with E-state index in [0.717, 1.165) is 11.2 Å². The van der Waals surface area contributed by atoms with E-state index in [9.17, 15) is 4.79 Å². The van der Waals surface area contributed by atoms with Crippen molar-refractivity contribution in [3.63, 3.8) is 0 Å². The van der Waals surface area contributed by atoms with E-state index >= 15 is 0 Å². The average molecular weight is 414 g/mol. The van der Waals surface area contributed by atoms with E-state index in [4.69, 9.17) is 0 Å². The lowest BCUT2D eigenvalue weighted by atomic mass is 10.2. The monoisotopic (exact) mass is 414 g/mol. The minimum absolute atomic E-state index is 0. The number of carbonyl (C=O) groups is 1. The maximum atomic E-state index is 11.5. The Kier molecular flexibility index (Phi) is 10.4. The molecule has 0 saturated heterocycles. The molecule has 1 fully saturated rings. The van der Waals surface area contributed by atoms with Gasteiger partial charge in [-0.05, 0) is 25.5 Å². The highest BCUT2D eigenvalue weighted by atomic mass is 127. The minimum atomic E-state index is 0. The minimum Gasteiger partial charge on any atom is -0.356 e. The molecule has 1 amide bonds. The average Bonchev–Trinajstić information content (AvgIpc) is 2.84. The lowest BCUT2D eigenvalue weighted by molar-refractivity contribution is -0.128. The summed E-state index contributed by atoms with van der Waals surface area (Å²) in [6, 6.07) is 0.508. The van der Waals surface area contributed by atoms with Crippen molar-refractivity contribution in [2.75, 3.05) is 33.9 Å². The second-order valence-electron chi connectivity index (χ2n) is 5.05. The number of amides is 1. The van der Waals surface area contributed by atoms with Gasteiger partial charge in [0.15, 0.2) is 5.96 Å². The molecule has 1 aliphatic rings. The summed E-state index contributed by atoms with van der Waals surface area (Å²) in [5.74, 6) is 0.935. The van der Waals surface area contributed by atoms with Crippen molar-refractivity contribution in [3.8, 4) is 0 Å². The number of guanidine groups is 1. The van der Waals surface area contributed by atoms with E-state index < -0.39 is 0 Å². The fourth-order valence-electron chi connectivity index (χ4n) is 2.18. The number of nitrogens with zero attached hydrogens (tertiary/aromatic N) is 2. The van der Waals surface area contributed by atoms with Crippen molar-refractivity contribution in [1.29, 1.82) is 0 Å². The van der Waals surface area contributed by atoms with E-state index in [-0.39, 0.29) is 29.9 Å². The fourth-order valence-corrected chi connectivity index (χ4v) is 2.98. The van der Waals surface area contributed by atoms with Crippen LogP contribution in [0.3, 0.4) is 0 Å². The molecule has 0 aromatic carbocycles. The van der Waals surface area contributed by atoms with Crippen LogP contribution >= 0.6 is 35.7 Å². The highest BCUT2D eigenvalue weighted by Crippen LogP contribution is 2.27. The Morgan fingerprint density at radius 1 is 1.40 bits per heavy atom. The molecule has 0 spiro atoms. The van der Waals surface area contributed by atoms with Crippen LogP contribution in [0.15, 0.2) is 4.99 Å². The molecule has 1 aliphatic carbocycles. The first-order valence-corrected chi connectivity index (χ1v) is 8.05. The van der Waals surface area contributed by atoms with E-state index in [2.05, 4.69) is 21.9 Å². The zero-order valence-electron chi connectivity index (χ0n) is 12.8. The van der Waals surface area contributed by atoms with Gasteiger partial charge in [0.25, 0.3) is 0 Å². The molecular weight excluding hydrogens is 387 g/mol. The quantitative estimate of drug-likeness (QED) is 0.407. The molecule has 1 rings (SSSR count). The predicted molar refractivity (Wildman–Crippen MR) is 98.2 cm³/mol. The predicted octanol–water partition coefficient (Wildman–Crippen LogP) is 1.53. The molecule has 0 aromatic rings. The van der Waals surface area contributed by atoms with Gasteiger partial charge in [0.2, 0.25) is 5.91 Å². The van der Waals surface area contributed by atoms with Crippen molar-refractivity contribution in [1.82, 2.24) is 15.5 Å². The Labute approximate surface area is 143 Å². The van der Waals surface area contributed by atoms with Crippen molar-refractivity contribution in [2.24, 2.45) is 4.99 Å². The summed E-state index contributed by atoms with van der Waals surface area (Å²) in [6.45, 7) is 0.620. The molecule has 0 bridgehead atoms. The molecular formula is C13H27IN4OS. The van der Waals surface area contributed by atoms with Crippen molar-refractivity contribution in [3.05, 3.63) is 0 Å². The molecule has 2 N–H and O–H groups in total. The number of halogens is 1. The van der Waals surface area contributed by atoms with Gasteiger partial charge >= 0.3 is 0 Å². The molecule has 7 heteroatoms. The molecule has 2 unspecified atom stereocenters. The van der Waals surface area contributed by atoms with Crippen LogP contribution in [0.4, 0.5) is 0 Å². The highest BCUT2D eigenvalue weighted by molar-refractivity contribution is 14.0. The zero-order chi connectivity index (χ0) is 14.3. The van der Waals surface area contributed by atoms with Crippen LogP contribution in [0.5, 0.6) is 0 Å². The van der Waals surface area contributed by atoms with E-state index in [1.165, 1.54) is 19.3 Å². The molecule has 118 valence electrons. The van der Waals surface area contributed by atoms with Gasteiger partial charge in [-0.3, -0.25) is 9.79 Å². The molecule has 1 saturated carbocycles. The Balaban J connectivity index is 0.00000361. The second-order valence-corrected chi connectivity index (χ2v) is 6.19. The maximum absolute atomic E-state index is 11.5. The summed E-state index contributed by atoms with van der Waals surface area (Å²) in [5.41, 5.74) is 0. The van der Waals surface area contributed by atoms with Gasteiger partial charge in [0, 0.05) is 45.4 Å². The first-order valence-electron chi connectivity index (χ1n) is 6.77. The lowest BCUT2D eigenvalue weighted by Gasteiger charge is -2.17. The van der Waals surface area contributed by atoms with Crippen LogP contribution < -0.4 is 10.6 Å². The van der Waals surface area contributed by atoms with Gasteiger partial charge in [0.05, 0.1) is 0 Å². The Hall–Kier alpha value is -0.180. The van der Waals surface area contributed by atoms with Crippen LogP contribution in [0.25, 0.3) is 0 Å². The third-order valence-electron chi connectivity index (χ3n) is 3.41. The van der Waals surface area contributed by atoms with Gasteiger partial charge < -0.3 is 15.5 Å². The van der Waals surface area contributed by atoms with Gasteiger partial charge in [0.1, 0.15) is 0 Å². The van der Waals surface area contributed by atoms with Gasteiger partial charge in [-0.15, -0.1) is 24.0 Å². The van der Waals surface area contributed by atoms with E-state index in [1.807, 2.05) is 11.8 Å². The standard InChI is InChI=1S/C13H26N4OS.HI/c1-14-13(15-8-7-12(18)17(2)3)16-10-5-6-11(9-10)19-4;/h10-11H,5-9H2,1-4H3,(H2,14,15,16);1H. The fraction of sp³-hybridized carbons (Fsp3) is 0.846. The van der Waals surface area contributed by atoms with Gasteiger partial charge in [-0.2, -0.15) is 11.8 Å². The molecule has 0 aromatic heterocycles. The van der Waals surface area contributed by atoms with E-state index in [0.29, 0.717) is 19.0 Å². The summed E-state index contributed by atoms with van der Waals surface area (Å²) in [7, 11) is 5.32. The second kappa shape index (κ2) is 10.5. The molecule has 0 radical (unpaired) electrons. The molecule has 2 atom stereocenters. The summed E-state index contributed by atoms with van der Waals surface area (Å²) in [4.78, 5) is 17.3. The first-order chi connectivity index (χ1) is 9.06. The van der Waals surface area contributed by atoms with Crippen LogP contribution in [0, 0.1) is 0 Å². The van der Waals surface area contributed by atoms with Gasteiger partial charge in [-0.1, -0.05) is 0 Å². The first kappa shape index (κ1) is 19.8. The zero-order valence-corrected chi connectivity index (χ0v) is 16.0. The van der Waals surface area contributed by atoms with Crippen LogP contribution in [-0.2, 0) is 4.79 Å². The molecule has 0 heterocycles. The third-order valence-corrected chi connectivity index (χ3v) is 4.51. The summed E-state index contributed by atoms with van der Waals surface area (Å²) in [5, 5.41) is 7.40. The van der Waals surface area contributed by atoms with Crippen molar-refractivity contribution < 1.29 is 4.79 Å². The number of hydrogen-bond acceptors (Lipinski definition) is 3. The van der Waals surface area contributed by atoms with Crippen LogP contribution in [0.1, 0.15) is 25.7 Å². The Morgan fingerprint density at radius 2 is 2.10 bits per heavy atom. The molecule has 5 nitrogen and oxygen atoms in total. The van der Waals surface area contributed by atoms with E-state index in [1.54, 1.807) is 26.0 Å². The Morgan fingerprint density at radius 3 is 2.60 bits per heavy atom. The normalized spacial score (nSPS) is 22.1. The highest BCUT2D eigenvalue weighted by Gasteiger charge is 2.24. The van der Waals surface area contributed by atoms with Crippen molar-refractivity contribution >= 4 is 47.6 Å². The number of rotatable bonds is 5. The number of aliphatic imine (C=N–C) groups is 1. The van der Waals surface area contributed by atoms with Crippen molar-refractivity contribution in [2.45, 2.75) is 37.0 Å². The number of carbonyl (C=O) groups excluding carboxylic acids is 1. The van der Waals surface area contributed by atoms with Crippen LogP contribution in [0.2, 0.25) is 0 Å². The summed E-state index contributed by atoms with van der Waals surface area (Å²) >= 11 is 1.95. The summed E-state index contributed by atoms with van der Waals surface area (Å²) < 4.78 is 0. The number of nitrogens with one attached hydrogen (secondary N) is 2. The lowest BCUT2D eigenvalue weighted by Crippen LogP contribution is -2.43. The maximum Gasteiger partial charge on any atom is 0.223 e. The smallest absolute Gasteiger partial charge is 0.223 e. The largest absolute Gasteiger partial charge is 0.356 e. The SMILES string of the molecule is CN=C(NCCC(=O)N(C)C)NC1CCC(SC)C1.I. The Bertz CT molecular complexity index is 325. The third kappa shape index (κ3) is 7.01. The van der Waals surface area contributed by atoms with Crippen LogP contribution in [-0.4, -0.2) is 62.0 Å². The summed E-state index contributed by atoms with van der Waals surface area (Å²) in [6.07, 6.45) is 6.33. The number of thioether (sulfide) groups is 1. The van der Waals surface area contributed by atoms with Gasteiger partial charge in [-0.25, -0.2) is 0 Å².